The molecule has 0 unspecified atom stereocenters. The Balaban J connectivity index is 0.983. The van der Waals surface area contributed by atoms with Gasteiger partial charge in [-0.2, -0.15) is 5.26 Å². The van der Waals surface area contributed by atoms with E-state index in [0.29, 0.717) is 5.56 Å². The number of nitrogens with zero attached hydrogens (tertiary/aromatic N) is 6. The van der Waals surface area contributed by atoms with Crippen molar-refractivity contribution in [3.8, 4) is 101 Å². The van der Waals surface area contributed by atoms with Crippen molar-refractivity contribution < 1.29 is 0 Å². The van der Waals surface area contributed by atoms with Gasteiger partial charge in [-0.1, -0.05) is 218 Å². The van der Waals surface area contributed by atoms with Crippen LogP contribution in [0.15, 0.2) is 315 Å². The van der Waals surface area contributed by atoms with Crippen LogP contribution in [0.1, 0.15) is 5.56 Å². The van der Waals surface area contributed by atoms with Gasteiger partial charge in [-0.3, -0.25) is 0 Å². The molecule has 0 fully saturated rings. The third-order valence-corrected chi connectivity index (χ3v) is 19.4. The van der Waals surface area contributed by atoms with Crippen LogP contribution in [0.2, 0.25) is 0 Å². The molecule has 18 aromatic rings. The number of pyridine rings is 1. The summed E-state index contributed by atoms with van der Waals surface area (Å²) in [6, 6.07) is 115. The normalized spacial score (nSPS) is 11.7. The van der Waals surface area contributed by atoms with Gasteiger partial charge in [-0.15, -0.1) is 11.3 Å². The van der Waals surface area contributed by atoms with Gasteiger partial charge in [0.2, 0.25) is 0 Å². The van der Waals surface area contributed by atoms with Gasteiger partial charge >= 0.3 is 0 Å². The van der Waals surface area contributed by atoms with E-state index >= 15 is 0 Å². The number of fused-ring (bicyclic) bond motifs is 10. The first kappa shape index (κ1) is 52.9. The number of rotatable bonds is 10. The van der Waals surface area contributed by atoms with Crippen LogP contribution >= 0.6 is 11.3 Å². The van der Waals surface area contributed by atoms with Gasteiger partial charge in [0, 0.05) is 77.2 Å². The van der Waals surface area contributed by atoms with E-state index in [2.05, 4.69) is 317 Å². The Morgan fingerprint density at radius 1 is 0.272 bits per heavy atom. The fraction of sp³-hybridized carbons (Fsp3) is 0. The van der Waals surface area contributed by atoms with E-state index in [1.165, 1.54) is 32.3 Å². The van der Waals surface area contributed by atoms with Crippen molar-refractivity contribution in [2.24, 2.45) is 0 Å². The highest BCUT2D eigenvalue weighted by atomic mass is 32.1. The summed E-state index contributed by atoms with van der Waals surface area (Å²) in [4.78, 5) is 11.0. The van der Waals surface area contributed by atoms with Gasteiger partial charge in [-0.05, 0) is 130 Å². The lowest BCUT2D eigenvalue weighted by atomic mass is 9.77. The number of aromatic nitrogens is 5. The van der Waals surface area contributed by atoms with Crippen molar-refractivity contribution in [2.45, 2.75) is 0 Å². The summed E-state index contributed by atoms with van der Waals surface area (Å²) in [5.41, 5.74) is 22.9. The molecule has 0 saturated carbocycles. The van der Waals surface area contributed by atoms with Gasteiger partial charge < -0.3 is 13.7 Å². The molecule has 0 aliphatic heterocycles. The Morgan fingerprint density at radius 3 is 0.957 bits per heavy atom. The van der Waals surface area contributed by atoms with Crippen molar-refractivity contribution in [1.82, 2.24) is 23.7 Å². The first-order chi connectivity index (χ1) is 45.6. The second-order valence-electron chi connectivity index (χ2n) is 23.5. The SMILES string of the molecule is N#Cc1c(-c2ccc(-n3c4ccccc4c4ccccc43)cc2)c(-c2ccc(-n3c4ccccc4c4ccccc43)cc2)c(-c2ccc(-n3c4ccccc4c4ccccc43)cc2)c(-c2cc(-c3ccccc3)nc(-c3ccccc3)c2)c1-c1nc2ccccc2s1. The van der Waals surface area contributed by atoms with Gasteiger partial charge in [0.1, 0.15) is 11.1 Å². The molecular formula is C85H52N6S. The van der Waals surface area contributed by atoms with Gasteiger partial charge in [-0.25, -0.2) is 9.97 Å². The predicted octanol–water partition coefficient (Wildman–Crippen LogP) is 22.5. The molecule has 0 aliphatic carbocycles. The quantitative estimate of drug-likeness (QED) is 0.137. The number of thiazole rings is 1. The molecule has 7 heteroatoms. The van der Waals surface area contributed by atoms with Gasteiger partial charge in [0.25, 0.3) is 0 Å². The Bertz CT molecular complexity index is 5730. The molecule has 92 heavy (non-hydrogen) atoms. The lowest BCUT2D eigenvalue weighted by Crippen LogP contribution is -2.04. The third kappa shape index (κ3) is 8.46. The number of hydrogen-bond acceptors (Lipinski definition) is 4. The Hall–Kier alpha value is -12.2. The van der Waals surface area contributed by atoms with Crippen LogP contribution in [0.25, 0.3) is 170 Å². The zero-order chi connectivity index (χ0) is 60.8. The number of benzene rings is 13. The molecule has 0 radical (unpaired) electrons. The van der Waals surface area contributed by atoms with Crippen LogP contribution in [0.4, 0.5) is 0 Å². The fourth-order valence-electron chi connectivity index (χ4n) is 14.3. The second kappa shape index (κ2) is 21.5. The van der Waals surface area contributed by atoms with Crippen molar-refractivity contribution in [3.05, 3.63) is 321 Å². The molecule has 0 aliphatic rings. The smallest absolute Gasteiger partial charge is 0.126 e. The predicted molar refractivity (Wildman–Crippen MR) is 383 cm³/mol. The maximum atomic E-state index is 12.6. The second-order valence-corrected chi connectivity index (χ2v) is 24.5. The monoisotopic (exact) mass is 1190 g/mol. The highest BCUT2D eigenvalue weighted by Gasteiger charge is 2.32. The van der Waals surface area contributed by atoms with Crippen molar-refractivity contribution in [2.75, 3.05) is 0 Å². The molecule has 18 rings (SSSR count). The van der Waals surface area contributed by atoms with E-state index in [0.717, 1.165) is 138 Å². The van der Waals surface area contributed by atoms with Crippen LogP contribution < -0.4 is 0 Å². The minimum atomic E-state index is 0.523. The molecule has 0 spiro atoms. The lowest BCUT2D eigenvalue weighted by Gasteiger charge is -2.26. The van der Waals surface area contributed by atoms with Crippen LogP contribution in [0, 0.1) is 11.3 Å². The van der Waals surface area contributed by atoms with Crippen LogP contribution in [-0.2, 0) is 0 Å². The fourth-order valence-corrected chi connectivity index (χ4v) is 15.4. The minimum Gasteiger partial charge on any atom is -0.309 e. The Labute approximate surface area is 534 Å². The number of nitriles is 1. The van der Waals surface area contributed by atoms with E-state index in [-0.39, 0.29) is 0 Å². The first-order valence-corrected chi connectivity index (χ1v) is 31.8. The van der Waals surface area contributed by atoms with Gasteiger partial charge in [0.15, 0.2) is 0 Å². The molecule has 0 amide bonds. The van der Waals surface area contributed by atoms with Crippen molar-refractivity contribution >= 4 is 87.0 Å². The Morgan fingerprint density at radius 2 is 0.587 bits per heavy atom. The van der Waals surface area contributed by atoms with Crippen molar-refractivity contribution in [3.63, 3.8) is 0 Å². The molecule has 5 heterocycles. The maximum Gasteiger partial charge on any atom is 0.126 e. The molecule has 0 N–H and O–H groups in total. The standard InChI is InChI=1S/C85H52N6S/c86-53-69-80(56-39-45-60(46-40-56)89-73-32-14-7-25-63(73)64-26-8-15-33-74(64)89)81(57-41-47-61(48-42-57)90-75-34-16-9-27-65(75)66-28-10-17-35-76(66)90)82(58-43-49-62(50-44-58)91-77-36-18-11-29-67(77)68-30-12-19-37-78(68)91)83(84(69)85-88-70-31-13-20-38-79(70)92-85)59-51-71(54-21-3-1-4-22-54)87-72(52-59)55-23-5-2-6-24-55/h1-52H. The van der Waals surface area contributed by atoms with E-state index in [1.54, 1.807) is 11.3 Å². The molecule has 6 nitrogen and oxygen atoms in total. The topological polar surface area (TPSA) is 64.4 Å². The van der Waals surface area contributed by atoms with Crippen LogP contribution in [0.3, 0.4) is 0 Å². The van der Waals surface area contributed by atoms with E-state index < -0.39 is 0 Å². The van der Waals surface area contributed by atoms with Crippen molar-refractivity contribution in [1.29, 1.82) is 5.26 Å². The number of hydrogen-bond donors (Lipinski definition) is 0. The lowest BCUT2D eigenvalue weighted by molar-refractivity contribution is 1.18. The highest BCUT2D eigenvalue weighted by Crippen LogP contribution is 2.55. The highest BCUT2D eigenvalue weighted by molar-refractivity contribution is 7.21. The zero-order valence-corrected chi connectivity index (χ0v) is 50.4. The molecule has 5 aromatic heterocycles. The Kier molecular flexibility index (Phi) is 12.4. The third-order valence-electron chi connectivity index (χ3n) is 18.4. The largest absolute Gasteiger partial charge is 0.309 e. The molecular weight excluding hydrogens is 1140 g/mol. The summed E-state index contributed by atoms with van der Waals surface area (Å²) in [6.07, 6.45) is 0. The number of para-hydroxylation sites is 7. The van der Waals surface area contributed by atoms with Crippen LogP contribution in [-0.4, -0.2) is 23.7 Å². The summed E-state index contributed by atoms with van der Waals surface area (Å²) in [5, 5.41) is 20.5. The molecule has 0 atom stereocenters. The van der Waals surface area contributed by atoms with Gasteiger partial charge in [0.05, 0.1) is 60.3 Å². The summed E-state index contributed by atoms with van der Waals surface area (Å²) in [6.45, 7) is 0. The van der Waals surface area contributed by atoms with Crippen LogP contribution in [0.5, 0.6) is 0 Å². The average molecular weight is 1190 g/mol. The zero-order valence-electron chi connectivity index (χ0n) is 49.6. The maximum absolute atomic E-state index is 12.6. The molecule has 0 saturated heterocycles. The first-order valence-electron chi connectivity index (χ1n) is 31.0. The summed E-state index contributed by atoms with van der Waals surface area (Å²) in [7, 11) is 0. The van der Waals surface area contributed by atoms with E-state index in [9.17, 15) is 5.26 Å². The summed E-state index contributed by atoms with van der Waals surface area (Å²) < 4.78 is 8.12. The average Bonchev–Trinajstić information content (AvgIpc) is 0.794. The molecule has 0 bridgehead atoms. The summed E-state index contributed by atoms with van der Waals surface area (Å²) >= 11 is 1.62. The van der Waals surface area contributed by atoms with E-state index in [4.69, 9.17) is 9.97 Å². The molecule has 13 aromatic carbocycles. The minimum absolute atomic E-state index is 0.523. The van der Waals surface area contributed by atoms with E-state index in [1.807, 2.05) is 18.2 Å². The summed E-state index contributed by atoms with van der Waals surface area (Å²) in [5.74, 6) is 0. The molecule has 428 valence electrons.